The molecule has 1 rings (SSSR count). The minimum Gasteiger partial charge on any atom is -0.508 e. The maximum Gasteiger partial charge on any atom is 0.352 e. The predicted molar refractivity (Wildman–Crippen MR) is 66.8 cm³/mol. The van der Waals surface area contributed by atoms with Crippen LogP contribution in [0.25, 0.3) is 0 Å². The Morgan fingerprint density at radius 2 is 1.90 bits per heavy atom. The first-order valence-corrected chi connectivity index (χ1v) is 5.75. The molecule has 1 atom stereocenters. The molecule has 0 amide bonds. The molecule has 0 aromatic heterocycles. The Hall–Kier alpha value is -2.57. The van der Waals surface area contributed by atoms with E-state index < -0.39 is 23.8 Å². The Balaban J connectivity index is 2.91. The summed E-state index contributed by atoms with van der Waals surface area (Å²) in [5.41, 5.74) is 0.303. The zero-order valence-electron chi connectivity index (χ0n) is 10.7. The van der Waals surface area contributed by atoms with E-state index in [0.29, 0.717) is 5.56 Å². The molecular formula is C13H14O7. The van der Waals surface area contributed by atoms with Crippen LogP contribution in [0.1, 0.15) is 18.9 Å². The van der Waals surface area contributed by atoms with Gasteiger partial charge in [0.2, 0.25) is 0 Å². The van der Waals surface area contributed by atoms with Gasteiger partial charge < -0.3 is 20.1 Å². The van der Waals surface area contributed by atoms with Gasteiger partial charge in [-0.1, -0.05) is 0 Å². The van der Waals surface area contributed by atoms with Crippen LogP contribution in [-0.4, -0.2) is 39.1 Å². The molecule has 0 fully saturated rings. The lowest BCUT2D eigenvalue weighted by Crippen LogP contribution is -2.33. The van der Waals surface area contributed by atoms with Crippen molar-refractivity contribution in [2.24, 2.45) is 0 Å². The van der Waals surface area contributed by atoms with Crippen molar-refractivity contribution in [3.05, 3.63) is 23.8 Å². The van der Waals surface area contributed by atoms with Crippen molar-refractivity contribution >= 4 is 17.7 Å². The molecule has 0 radical (unpaired) electrons. The summed E-state index contributed by atoms with van der Waals surface area (Å²) < 4.78 is 5.03. The lowest BCUT2D eigenvalue weighted by atomic mass is 10.1. The van der Waals surface area contributed by atoms with Gasteiger partial charge in [0, 0.05) is 6.42 Å². The fraction of sp³-hybridized carbons (Fsp3) is 0.308. The number of phenols is 1. The van der Waals surface area contributed by atoms with Gasteiger partial charge in [0.25, 0.3) is 6.10 Å². The van der Waals surface area contributed by atoms with E-state index >= 15 is 0 Å². The van der Waals surface area contributed by atoms with Gasteiger partial charge >= 0.3 is 11.9 Å². The average molecular weight is 282 g/mol. The van der Waals surface area contributed by atoms with Crippen LogP contribution in [0.3, 0.4) is 0 Å². The van der Waals surface area contributed by atoms with E-state index in [1.807, 2.05) is 0 Å². The van der Waals surface area contributed by atoms with Crippen LogP contribution in [0.15, 0.2) is 18.2 Å². The van der Waals surface area contributed by atoms with Crippen molar-refractivity contribution in [2.75, 3.05) is 0 Å². The number of carbonyl (C=O) groups excluding carboxylic acids is 1. The smallest absolute Gasteiger partial charge is 0.352 e. The molecular weight excluding hydrogens is 268 g/mol. The van der Waals surface area contributed by atoms with Gasteiger partial charge in [-0.25, -0.2) is 4.79 Å². The lowest BCUT2D eigenvalue weighted by Gasteiger charge is -2.13. The molecule has 0 saturated heterocycles. The third-order valence-corrected chi connectivity index (χ3v) is 2.51. The van der Waals surface area contributed by atoms with Crippen molar-refractivity contribution in [2.45, 2.75) is 25.9 Å². The number of Topliss-reactive ketones (excluding diaryl/α,β-unsaturated/α-hetero) is 1. The van der Waals surface area contributed by atoms with E-state index in [-0.39, 0.29) is 24.3 Å². The second kappa shape index (κ2) is 6.55. The maximum absolute atomic E-state index is 11.1. The highest BCUT2D eigenvalue weighted by Gasteiger charge is 2.24. The number of rotatable bonds is 7. The predicted octanol–water partition coefficient (Wildman–Crippen LogP) is 0.830. The second-order valence-corrected chi connectivity index (χ2v) is 4.13. The van der Waals surface area contributed by atoms with Crippen LogP contribution in [0, 0.1) is 0 Å². The van der Waals surface area contributed by atoms with Crippen LogP contribution < -0.4 is 4.74 Å². The molecule has 0 spiro atoms. The first-order chi connectivity index (χ1) is 9.31. The molecule has 3 N–H and O–H groups in total. The van der Waals surface area contributed by atoms with E-state index in [2.05, 4.69) is 0 Å². The topological polar surface area (TPSA) is 121 Å². The Bertz CT molecular complexity index is 522. The Labute approximate surface area is 114 Å². The molecule has 0 saturated carbocycles. The van der Waals surface area contributed by atoms with Crippen LogP contribution in [0.2, 0.25) is 0 Å². The number of aromatic hydroxyl groups is 1. The highest BCUT2D eigenvalue weighted by Crippen LogP contribution is 2.25. The van der Waals surface area contributed by atoms with E-state index in [0.717, 1.165) is 6.92 Å². The molecule has 0 aliphatic heterocycles. The van der Waals surface area contributed by atoms with E-state index in [4.69, 9.17) is 14.9 Å². The molecule has 108 valence electrons. The largest absolute Gasteiger partial charge is 0.508 e. The summed E-state index contributed by atoms with van der Waals surface area (Å²) in [5.74, 6) is -3.16. The number of hydrogen-bond donors (Lipinski definition) is 3. The molecule has 0 bridgehead atoms. The van der Waals surface area contributed by atoms with Crippen LogP contribution in [0.4, 0.5) is 0 Å². The Morgan fingerprint density at radius 1 is 1.25 bits per heavy atom. The maximum atomic E-state index is 11.1. The number of carboxylic acid groups (broad SMARTS) is 2. The Kier molecular flexibility index (Phi) is 5.08. The van der Waals surface area contributed by atoms with E-state index in [1.165, 1.54) is 18.2 Å². The van der Waals surface area contributed by atoms with E-state index in [9.17, 15) is 19.5 Å². The summed E-state index contributed by atoms with van der Waals surface area (Å²) >= 11 is 0. The molecule has 0 aliphatic rings. The van der Waals surface area contributed by atoms with Gasteiger partial charge in [0.1, 0.15) is 11.5 Å². The monoisotopic (exact) mass is 282 g/mol. The number of benzene rings is 1. The van der Waals surface area contributed by atoms with Gasteiger partial charge in [0.15, 0.2) is 5.78 Å². The minimum atomic E-state index is -1.63. The zero-order chi connectivity index (χ0) is 15.3. The summed E-state index contributed by atoms with van der Waals surface area (Å²) in [7, 11) is 0. The molecule has 7 nitrogen and oxygen atoms in total. The van der Waals surface area contributed by atoms with Crippen molar-refractivity contribution in [1.82, 2.24) is 0 Å². The number of carbonyl (C=O) groups is 3. The molecule has 20 heavy (non-hydrogen) atoms. The number of ether oxygens (including phenoxy) is 1. The normalized spacial score (nSPS) is 11.7. The van der Waals surface area contributed by atoms with Crippen molar-refractivity contribution in [3.63, 3.8) is 0 Å². The summed E-state index contributed by atoms with van der Waals surface area (Å²) in [5, 5.41) is 27.0. The standard InChI is InChI=1S/C13H14O7/c1-7(14)12(13(18)19)20-9-3-4-10(15)8(6-9)2-5-11(16)17/h3-4,6,12,15H,2,5H2,1H3,(H,16,17)(H,18,19). The average Bonchev–Trinajstić information content (AvgIpc) is 2.35. The SMILES string of the molecule is CC(=O)C(Oc1ccc(O)c(CCC(=O)O)c1)C(=O)O. The molecule has 1 unspecified atom stereocenters. The second-order valence-electron chi connectivity index (χ2n) is 4.13. The third-order valence-electron chi connectivity index (χ3n) is 2.51. The first kappa shape index (κ1) is 15.5. The Morgan fingerprint density at radius 3 is 2.40 bits per heavy atom. The first-order valence-electron chi connectivity index (χ1n) is 5.75. The summed E-state index contributed by atoms with van der Waals surface area (Å²) in [4.78, 5) is 32.5. The fourth-order valence-corrected chi connectivity index (χ4v) is 1.52. The number of aliphatic carboxylic acids is 2. The quantitative estimate of drug-likeness (QED) is 0.633. The van der Waals surface area contributed by atoms with Gasteiger partial charge in [-0.05, 0) is 37.1 Å². The third kappa shape index (κ3) is 4.27. The minimum absolute atomic E-state index is 0.0657. The molecule has 1 aromatic rings. The van der Waals surface area contributed by atoms with Gasteiger partial charge in [-0.2, -0.15) is 0 Å². The van der Waals surface area contributed by atoms with Crippen LogP contribution in [0.5, 0.6) is 11.5 Å². The highest BCUT2D eigenvalue weighted by molar-refractivity contribution is 6.00. The number of ketones is 1. The van der Waals surface area contributed by atoms with E-state index in [1.54, 1.807) is 0 Å². The van der Waals surface area contributed by atoms with Gasteiger partial charge in [-0.15, -0.1) is 0 Å². The zero-order valence-corrected chi connectivity index (χ0v) is 10.7. The van der Waals surface area contributed by atoms with Crippen molar-refractivity contribution < 1.29 is 34.4 Å². The molecule has 0 aliphatic carbocycles. The highest BCUT2D eigenvalue weighted by atomic mass is 16.5. The number of carboxylic acids is 2. The molecule has 7 heteroatoms. The van der Waals surface area contributed by atoms with Gasteiger partial charge in [-0.3, -0.25) is 9.59 Å². The number of phenolic OH excluding ortho intramolecular Hbond substituents is 1. The fourth-order valence-electron chi connectivity index (χ4n) is 1.52. The summed E-state index contributed by atoms with van der Waals surface area (Å²) in [6.07, 6.45) is -1.76. The van der Waals surface area contributed by atoms with Crippen LogP contribution in [-0.2, 0) is 20.8 Å². The van der Waals surface area contributed by atoms with Crippen molar-refractivity contribution in [3.8, 4) is 11.5 Å². The summed E-state index contributed by atoms with van der Waals surface area (Å²) in [6.45, 7) is 1.09. The van der Waals surface area contributed by atoms with Gasteiger partial charge in [0.05, 0.1) is 0 Å². The molecule has 0 heterocycles. The molecule has 1 aromatic carbocycles. The summed E-state index contributed by atoms with van der Waals surface area (Å²) in [6, 6.07) is 3.88. The number of aryl methyl sites for hydroxylation is 1. The lowest BCUT2D eigenvalue weighted by molar-refractivity contribution is -0.149. The van der Waals surface area contributed by atoms with Crippen molar-refractivity contribution in [1.29, 1.82) is 0 Å². The van der Waals surface area contributed by atoms with Crippen LogP contribution >= 0.6 is 0 Å². The number of hydrogen-bond acceptors (Lipinski definition) is 5.